The Kier molecular flexibility index (Phi) is 3.03. The molecule has 2 nitrogen and oxygen atoms in total. The van der Waals surface area contributed by atoms with Crippen molar-refractivity contribution < 1.29 is 9.50 Å². The molecule has 0 spiro atoms. The minimum atomic E-state index is -0.527. The van der Waals surface area contributed by atoms with E-state index in [2.05, 4.69) is 4.98 Å². The Labute approximate surface area is 97.4 Å². The lowest BCUT2D eigenvalue weighted by molar-refractivity contribution is 0.203. The van der Waals surface area contributed by atoms with Gasteiger partial charge in [0.25, 0.3) is 0 Å². The van der Waals surface area contributed by atoms with Gasteiger partial charge in [0.15, 0.2) is 0 Å². The van der Waals surface area contributed by atoms with Gasteiger partial charge in [0, 0.05) is 11.8 Å². The summed E-state index contributed by atoms with van der Waals surface area (Å²) >= 11 is 1.38. The second-order valence-electron chi connectivity index (χ2n) is 3.76. The molecule has 0 saturated carbocycles. The van der Waals surface area contributed by atoms with Gasteiger partial charge in [-0.1, -0.05) is 0 Å². The minimum absolute atomic E-state index is 0.260. The third-order valence-electron chi connectivity index (χ3n) is 2.22. The summed E-state index contributed by atoms with van der Waals surface area (Å²) in [6.07, 6.45) is 1.10. The third-order valence-corrected chi connectivity index (χ3v) is 3.44. The van der Waals surface area contributed by atoms with Gasteiger partial charge in [0.05, 0.1) is 11.0 Å². The van der Waals surface area contributed by atoms with Gasteiger partial charge >= 0.3 is 0 Å². The Morgan fingerprint density at radius 3 is 2.69 bits per heavy atom. The summed E-state index contributed by atoms with van der Waals surface area (Å²) in [4.78, 5) is 4.97. The van der Waals surface area contributed by atoms with Crippen molar-refractivity contribution in [3.63, 3.8) is 0 Å². The van der Waals surface area contributed by atoms with Crippen LogP contribution in [-0.4, -0.2) is 10.1 Å². The van der Waals surface area contributed by atoms with Crippen molar-refractivity contribution in [2.24, 2.45) is 0 Å². The van der Waals surface area contributed by atoms with E-state index in [1.165, 1.54) is 23.5 Å². The summed E-state index contributed by atoms with van der Waals surface area (Å²) in [6.45, 7) is 3.53. The number of aliphatic hydroxyl groups excluding tert-OH is 1. The SMILES string of the molecule is Cc1cc(F)cc(-c2ncc(C(C)O)s2)c1. The van der Waals surface area contributed by atoms with Crippen molar-refractivity contribution in [1.29, 1.82) is 0 Å². The molecule has 1 aromatic heterocycles. The molecule has 2 rings (SSSR count). The van der Waals surface area contributed by atoms with Gasteiger partial charge in [-0.3, -0.25) is 0 Å². The van der Waals surface area contributed by atoms with E-state index < -0.39 is 6.10 Å². The van der Waals surface area contributed by atoms with Gasteiger partial charge in [-0.2, -0.15) is 0 Å². The molecule has 0 saturated heterocycles. The molecular formula is C12H12FNOS. The Morgan fingerprint density at radius 2 is 2.12 bits per heavy atom. The summed E-state index contributed by atoms with van der Waals surface area (Å²) in [5.74, 6) is -0.260. The molecule has 0 aliphatic heterocycles. The number of thiazole rings is 1. The van der Waals surface area contributed by atoms with Gasteiger partial charge in [-0.25, -0.2) is 9.37 Å². The Hall–Kier alpha value is -1.26. The van der Waals surface area contributed by atoms with Crippen LogP contribution in [0.3, 0.4) is 0 Å². The first-order chi connectivity index (χ1) is 7.56. The molecule has 0 aliphatic carbocycles. The van der Waals surface area contributed by atoms with Gasteiger partial charge in [-0.15, -0.1) is 11.3 Å². The Balaban J connectivity index is 2.42. The molecule has 1 atom stereocenters. The van der Waals surface area contributed by atoms with Crippen molar-refractivity contribution in [2.45, 2.75) is 20.0 Å². The van der Waals surface area contributed by atoms with Gasteiger partial charge in [-0.05, 0) is 37.6 Å². The zero-order valence-electron chi connectivity index (χ0n) is 9.07. The zero-order chi connectivity index (χ0) is 11.7. The number of nitrogens with zero attached hydrogens (tertiary/aromatic N) is 1. The number of halogens is 1. The number of aliphatic hydroxyl groups is 1. The molecule has 1 heterocycles. The maximum absolute atomic E-state index is 13.2. The summed E-state index contributed by atoms with van der Waals surface area (Å²) in [5, 5.41) is 10.1. The zero-order valence-corrected chi connectivity index (χ0v) is 9.88. The van der Waals surface area contributed by atoms with E-state index >= 15 is 0 Å². The molecule has 4 heteroatoms. The predicted molar refractivity (Wildman–Crippen MR) is 62.9 cm³/mol. The fourth-order valence-electron chi connectivity index (χ4n) is 1.47. The highest BCUT2D eigenvalue weighted by Gasteiger charge is 2.09. The summed E-state index contributed by atoms with van der Waals surface area (Å²) in [5.41, 5.74) is 1.62. The van der Waals surface area contributed by atoms with Gasteiger partial charge < -0.3 is 5.11 Å². The normalized spacial score (nSPS) is 12.8. The fourth-order valence-corrected chi connectivity index (χ4v) is 2.31. The van der Waals surface area contributed by atoms with Crippen LogP contribution >= 0.6 is 11.3 Å². The number of benzene rings is 1. The topological polar surface area (TPSA) is 33.1 Å². The molecule has 16 heavy (non-hydrogen) atoms. The average molecular weight is 237 g/mol. The molecule has 0 fully saturated rings. The van der Waals surface area contributed by atoms with Crippen molar-refractivity contribution in [1.82, 2.24) is 4.98 Å². The summed E-state index contributed by atoms with van der Waals surface area (Å²) in [7, 11) is 0. The first kappa shape index (κ1) is 11.2. The van der Waals surface area contributed by atoms with Crippen LogP contribution in [0.25, 0.3) is 10.6 Å². The van der Waals surface area contributed by atoms with Crippen LogP contribution in [0.4, 0.5) is 4.39 Å². The molecule has 0 radical (unpaired) electrons. The van der Waals surface area contributed by atoms with Crippen molar-refractivity contribution in [3.8, 4) is 10.6 Å². The smallest absolute Gasteiger partial charge is 0.124 e. The number of hydrogen-bond donors (Lipinski definition) is 1. The number of rotatable bonds is 2. The minimum Gasteiger partial charge on any atom is -0.388 e. The largest absolute Gasteiger partial charge is 0.388 e. The highest BCUT2D eigenvalue weighted by Crippen LogP contribution is 2.29. The van der Waals surface area contributed by atoms with Crippen LogP contribution in [0.2, 0.25) is 0 Å². The molecule has 1 unspecified atom stereocenters. The monoisotopic (exact) mass is 237 g/mol. The summed E-state index contributed by atoms with van der Waals surface area (Å²) in [6, 6.07) is 4.82. The molecular weight excluding hydrogens is 225 g/mol. The van der Waals surface area contributed by atoms with Crippen LogP contribution in [0, 0.1) is 12.7 Å². The number of aryl methyl sites for hydroxylation is 1. The van der Waals surface area contributed by atoms with Gasteiger partial charge in [0.2, 0.25) is 0 Å². The van der Waals surface area contributed by atoms with E-state index in [4.69, 9.17) is 0 Å². The van der Waals surface area contributed by atoms with E-state index in [0.29, 0.717) is 0 Å². The second kappa shape index (κ2) is 4.31. The molecule has 1 aromatic carbocycles. The molecule has 0 aliphatic rings. The van der Waals surface area contributed by atoms with Crippen LogP contribution < -0.4 is 0 Å². The van der Waals surface area contributed by atoms with Gasteiger partial charge in [0.1, 0.15) is 10.8 Å². The predicted octanol–water partition coefficient (Wildman–Crippen LogP) is 3.31. The first-order valence-corrected chi connectivity index (χ1v) is 5.79. The number of hydrogen-bond acceptors (Lipinski definition) is 3. The van der Waals surface area contributed by atoms with E-state index in [9.17, 15) is 9.50 Å². The Bertz CT molecular complexity index is 487. The molecule has 2 aromatic rings. The second-order valence-corrected chi connectivity index (χ2v) is 4.82. The molecule has 84 valence electrons. The van der Waals surface area contributed by atoms with Crippen LogP contribution in [0.15, 0.2) is 24.4 Å². The highest BCUT2D eigenvalue weighted by molar-refractivity contribution is 7.15. The van der Waals surface area contributed by atoms with E-state index in [1.807, 2.05) is 13.0 Å². The van der Waals surface area contributed by atoms with E-state index in [1.54, 1.807) is 13.1 Å². The standard InChI is InChI=1S/C12H12FNOS/c1-7-3-9(5-10(13)4-7)12-14-6-11(16-12)8(2)15/h3-6,8,15H,1-2H3. The van der Waals surface area contributed by atoms with Crippen LogP contribution in [0.1, 0.15) is 23.5 Å². The molecule has 0 bridgehead atoms. The van der Waals surface area contributed by atoms with E-state index in [-0.39, 0.29) is 5.82 Å². The molecule has 0 amide bonds. The summed E-state index contributed by atoms with van der Waals surface area (Å²) < 4.78 is 13.2. The van der Waals surface area contributed by atoms with Crippen molar-refractivity contribution in [3.05, 3.63) is 40.7 Å². The molecule has 1 N–H and O–H groups in total. The van der Waals surface area contributed by atoms with E-state index in [0.717, 1.165) is 21.0 Å². The van der Waals surface area contributed by atoms with Crippen molar-refractivity contribution >= 4 is 11.3 Å². The maximum Gasteiger partial charge on any atom is 0.124 e. The number of aromatic nitrogens is 1. The van der Waals surface area contributed by atoms with Crippen LogP contribution in [0.5, 0.6) is 0 Å². The van der Waals surface area contributed by atoms with Crippen LogP contribution in [-0.2, 0) is 0 Å². The highest BCUT2D eigenvalue weighted by atomic mass is 32.1. The Morgan fingerprint density at radius 1 is 1.38 bits per heavy atom. The average Bonchev–Trinajstić information content (AvgIpc) is 2.64. The quantitative estimate of drug-likeness (QED) is 0.869. The lowest BCUT2D eigenvalue weighted by Gasteiger charge is -1.99. The van der Waals surface area contributed by atoms with Crippen molar-refractivity contribution in [2.75, 3.05) is 0 Å². The lowest BCUT2D eigenvalue weighted by Crippen LogP contribution is -1.83. The maximum atomic E-state index is 13.2. The lowest BCUT2D eigenvalue weighted by atomic mass is 10.1. The first-order valence-electron chi connectivity index (χ1n) is 4.97. The third kappa shape index (κ3) is 2.28. The fraction of sp³-hybridized carbons (Fsp3) is 0.250.